The maximum atomic E-state index is 12.2. The predicted octanol–water partition coefficient (Wildman–Crippen LogP) is 2.34. The van der Waals surface area contributed by atoms with E-state index in [2.05, 4.69) is 34.5 Å². The number of piperidine rings is 1. The molecule has 2 aliphatic rings. The molecule has 0 spiro atoms. The number of carbonyl (C=O) groups is 1. The zero-order chi connectivity index (χ0) is 16.1. The molecule has 0 radical (unpaired) electrons. The summed E-state index contributed by atoms with van der Waals surface area (Å²) in [4.78, 5) is 14.5. The van der Waals surface area contributed by atoms with Crippen molar-refractivity contribution in [2.75, 3.05) is 32.8 Å². The maximum Gasteiger partial charge on any atom is 0.234 e. The molecule has 1 amide bonds. The second-order valence-electron chi connectivity index (χ2n) is 6.85. The highest BCUT2D eigenvalue weighted by molar-refractivity contribution is 5.78. The molecule has 1 heterocycles. The molecular formula is C19H28N2O2. The fourth-order valence-electron chi connectivity index (χ4n) is 3.51. The van der Waals surface area contributed by atoms with Crippen LogP contribution in [0.4, 0.5) is 0 Å². The van der Waals surface area contributed by atoms with Gasteiger partial charge in [0.15, 0.2) is 0 Å². The molecule has 3 rings (SSSR count). The van der Waals surface area contributed by atoms with E-state index in [1.165, 1.54) is 18.4 Å². The van der Waals surface area contributed by atoms with Crippen LogP contribution in [0.25, 0.3) is 0 Å². The number of ether oxygens (including phenoxy) is 1. The monoisotopic (exact) mass is 316 g/mol. The van der Waals surface area contributed by atoms with E-state index in [1.807, 2.05) is 13.0 Å². The van der Waals surface area contributed by atoms with Crippen molar-refractivity contribution in [3.63, 3.8) is 0 Å². The topological polar surface area (TPSA) is 41.6 Å². The molecule has 126 valence electrons. The van der Waals surface area contributed by atoms with E-state index >= 15 is 0 Å². The zero-order valence-electron chi connectivity index (χ0n) is 14.1. The first-order valence-corrected chi connectivity index (χ1v) is 8.88. The van der Waals surface area contributed by atoms with Gasteiger partial charge in [0.25, 0.3) is 0 Å². The number of nitrogens with zero attached hydrogens (tertiary/aromatic N) is 1. The first-order valence-electron chi connectivity index (χ1n) is 8.88. The molecule has 2 fully saturated rings. The van der Waals surface area contributed by atoms with E-state index in [0.717, 1.165) is 39.1 Å². The zero-order valence-corrected chi connectivity index (χ0v) is 14.1. The smallest absolute Gasteiger partial charge is 0.234 e. The molecule has 1 aliphatic heterocycles. The lowest BCUT2D eigenvalue weighted by atomic mass is 9.96. The molecule has 23 heavy (non-hydrogen) atoms. The van der Waals surface area contributed by atoms with Gasteiger partial charge in [0.1, 0.15) is 0 Å². The summed E-state index contributed by atoms with van der Waals surface area (Å²) in [6, 6.07) is 10.6. The van der Waals surface area contributed by atoms with Crippen LogP contribution < -0.4 is 5.32 Å². The van der Waals surface area contributed by atoms with Gasteiger partial charge in [-0.2, -0.15) is 0 Å². The van der Waals surface area contributed by atoms with Crippen LogP contribution in [0.15, 0.2) is 30.3 Å². The molecule has 1 aromatic carbocycles. The van der Waals surface area contributed by atoms with Crippen LogP contribution in [-0.4, -0.2) is 49.7 Å². The quantitative estimate of drug-likeness (QED) is 0.839. The second-order valence-corrected chi connectivity index (χ2v) is 6.85. The van der Waals surface area contributed by atoms with E-state index in [9.17, 15) is 4.79 Å². The standard InChI is InChI=1S/C19H28N2O2/c1-2-23-17-8-12-21(13-9-17)14-18(22)20-15-19(10-11-19)16-6-4-3-5-7-16/h3-7,17H,2,8-15H2,1H3,(H,20,22). The van der Waals surface area contributed by atoms with Crippen molar-refractivity contribution in [3.8, 4) is 0 Å². The van der Waals surface area contributed by atoms with Gasteiger partial charge in [-0.15, -0.1) is 0 Å². The Bertz CT molecular complexity index is 505. The Morgan fingerprint density at radius 3 is 2.57 bits per heavy atom. The highest BCUT2D eigenvalue weighted by atomic mass is 16.5. The van der Waals surface area contributed by atoms with Gasteiger partial charge in [0, 0.05) is 31.7 Å². The summed E-state index contributed by atoms with van der Waals surface area (Å²) < 4.78 is 5.66. The van der Waals surface area contributed by atoms with Crippen molar-refractivity contribution < 1.29 is 9.53 Å². The normalized spacial score (nSPS) is 21.1. The third-order valence-corrected chi connectivity index (χ3v) is 5.17. The van der Waals surface area contributed by atoms with Gasteiger partial charge in [0.2, 0.25) is 5.91 Å². The van der Waals surface area contributed by atoms with Crippen molar-refractivity contribution in [2.24, 2.45) is 0 Å². The fourth-order valence-corrected chi connectivity index (χ4v) is 3.51. The van der Waals surface area contributed by atoms with Crippen molar-refractivity contribution in [2.45, 2.75) is 44.1 Å². The van der Waals surface area contributed by atoms with Gasteiger partial charge in [-0.1, -0.05) is 30.3 Å². The summed E-state index contributed by atoms with van der Waals surface area (Å²) in [5, 5.41) is 3.16. The SMILES string of the molecule is CCOC1CCN(CC(=O)NCC2(c3ccccc3)CC2)CC1. The fraction of sp³-hybridized carbons (Fsp3) is 0.632. The van der Waals surface area contributed by atoms with Gasteiger partial charge in [-0.05, 0) is 38.2 Å². The summed E-state index contributed by atoms with van der Waals surface area (Å²) in [6.45, 7) is 6.03. The Morgan fingerprint density at radius 1 is 1.26 bits per heavy atom. The van der Waals surface area contributed by atoms with Gasteiger partial charge >= 0.3 is 0 Å². The molecule has 0 bridgehead atoms. The highest BCUT2D eigenvalue weighted by Gasteiger charge is 2.44. The lowest BCUT2D eigenvalue weighted by Gasteiger charge is -2.31. The molecule has 1 aromatic rings. The van der Waals surface area contributed by atoms with Gasteiger partial charge in [-0.3, -0.25) is 9.69 Å². The average Bonchev–Trinajstić information content (AvgIpc) is 3.37. The van der Waals surface area contributed by atoms with Crippen LogP contribution in [0.2, 0.25) is 0 Å². The first-order chi connectivity index (χ1) is 11.2. The molecule has 1 N–H and O–H groups in total. The Morgan fingerprint density at radius 2 is 1.96 bits per heavy atom. The lowest BCUT2D eigenvalue weighted by molar-refractivity contribution is -0.123. The number of nitrogens with one attached hydrogen (secondary N) is 1. The number of benzene rings is 1. The molecule has 0 atom stereocenters. The minimum Gasteiger partial charge on any atom is -0.378 e. The summed E-state index contributed by atoms with van der Waals surface area (Å²) in [6.07, 6.45) is 4.81. The molecule has 1 aliphatic carbocycles. The molecule has 0 aromatic heterocycles. The second kappa shape index (κ2) is 7.45. The van der Waals surface area contributed by atoms with Crippen LogP contribution in [0.3, 0.4) is 0 Å². The van der Waals surface area contributed by atoms with E-state index < -0.39 is 0 Å². The van der Waals surface area contributed by atoms with Gasteiger partial charge in [-0.25, -0.2) is 0 Å². The summed E-state index contributed by atoms with van der Waals surface area (Å²) in [5.41, 5.74) is 1.55. The Hall–Kier alpha value is -1.39. The van der Waals surface area contributed by atoms with Crippen molar-refractivity contribution in [1.29, 1.82) is 0 Å². The van der Waals surface area contributed by atoms with Crippen LogP contribution in [0.1, 0.15) is 38.2 Å². The Labute approximate surface area is 139 Å². The van der Waals surface area contributed by atoms with Crippen molar-refractivity contribution in [3.05, 3.63) is 35.9 Å². The number of hydrogen-bond donors (Lipinski definition) is 1. The molecule has 0 unspecified atom stereocenters. The molecule has 1 saturated heterocycles. The maximum absolute atomic E-state index is 12.2. The van der Waals surface area contributed by atoms with E-state index in [0.29, 0.717) is 12.6 Å². The molecular weight excluding hydrogens is 288 g/mol. The van der Waals surface area contributed by atoms with Crippen LogP contribution in [-0.2, 0) is 14.9 Å². The van der Waals surface area contributed by atoms with Gasteiger partial charge < -0.3 is 10.1 Å². The largest absolute Gasteiger partial charge is 0.378 e. The van der Waals surface area contributed by atoms with E-state index in [-0.39, 0.29) is 11.3 Å². The first kappa shape index (κ1) is 16.5. The number of hydrogen-bond acceptors (Lipinski definition) is 3. The minimum absolute atomic E-state index is 0.155. The van der Waals surface area contributed by atoms with Crippen molar-refractivity contribution >= 4 is 5.91 Å². The molecule has 4 heteroatoms. The van der Waals surface area contributed by atoms with Crippen LogP contribution in [0.5, 0.6) is 0 Å². The molecule has 1 saturated carbocycles. The lowest BCUT2D eigenvalue weighted by Crippen LogP contribution is -2.44. The Kier molecular flexibility index (Phi) is 5.34. The Balaban J connectivity index is 1.41. The van der Waals surface area contributed by atoms with Crippen LogP contribution in [0, 0.1) is 0 Å². The third-order valence-electron chi connectivity index (χ3n) is 5.17. The van der Waals surface area contributed by atoms with E-state index in [1.54, 1.807) is 0 Å². The number of rotatable bonds is 7. The molecule has 4 nitrogen and oxygen atoms in total. The number of amides is 1. The van der Waals surface area contributed by atoms with Crippen molar-refractivity contribution in [1.82, 2.24) is 10.2 Å². The minimum atomic E-state index is 0.155. The average molecular weight is 316 g/mol. The van der Waals surface area contributed by atoms with Gasteiger partial charge in [0.05, 0.1) is 12.6 Å². The number of likely N-dealkylation sites (tertiary alicyclic amines) is 1. The van der Waals surface area contributed by atoms with Crippen LogP contribution >= 0.6 is 0 Å². The van der Waals surface area contributed by atoms with E-state index in [4.69, 9.17) is 4.74 Å². The summed E-state index contributed by atoms with van der Waals surface area (Å²) in [7, 11) is 0. The predicted molar refractivity (Wildman–Crippen MR) is 91.5 cm³/mol. The summed E-state index contributed by atoms with van der Waals surface area (Å²) in [5.74, 6) is 0.155. The summed E-state index contributed by atoms with van der Waals surface area (Å²) >= 11 is 0. The highest BCUT2D eigenvalue weighted by Crippen LogP contribution is 2.47. The third kappa shape index (κ3) is 4.33. The number of carbonyl (C=O) groups excluding carboxylic acids is 1.